The lowest BCUT2D eigenvalue weighted by Crippen LogP contribution is -2.51. The Labute approximate surface area is 187 Å². The SMILES string of the molecule is O=C(Nc1ccc(C(O)C2COCC(=O)N2Cc2ccc(F)cc2)cc1)C1CCCCC1. The molecule has 2 fully saturated rings. The molecule has 0 aromatic heterocycles. The van der Waals surface area contributed by atoms with Crippen molar-refractivity contribution < 1.29 is 23.8 Å². The number of morpholine rings is 1. The molecular weight excluding hydrogens is 411 g/mol. The molecule has 0 bridgehead atoms. The van der Waals surface area contributed by atoms with Crippen LogP contribution in [0.1, 0.15) is 49.3 Å². The van der Waals surface area contributed by atoms with Crippen molar-refractivity contribution in [2.24, 2.45) is 5.92 Å². The Hall–Kier alpha value is -2.77. The van der Waals surface area contributed by atoms with E-state index in [2.05, 4.69) is 5.32 Å². The van der Waals surface area contributed by atoms with Gasteiger partial charge in [-0.2, -0.15) is 0 Å². The molecule has 1 heterocycles. The highest BCUT2D eigenvalue weighted by Crippen LogP contribution is 2.28. The van der Waals surface area contributed by atoms with Crippen molar-refractivity contribution in [2.45, 2.75) is 50.8 Å². The lowest BCUT2D eigenvalue weighted by Gasteiger charge is -2.38. The fraction of sp³-hybridized carbons (Fsp3) is 0.440. The molecule has 2 N–H and O–H groups in total. The number of rotatable bonds is 6. The first-order chi connectivity index (χ1) is 15.5. The number of carbonyl (C=O) groups excluding carboxylic acids is 2. The van der Waals surface area contributed by atoms with Crippen LogP contribution in [-0.4, -0.2) is 41.1 Å². The number of anilines is 1. The largest absolute Gasteiger partial charge is 0.386 e. The standard InChI is InChI=1S/C25H29FN2O4/c26-20-10-6-17(7-11-20)14-28-22(15-32-16-23(28)29)24(30)18-8-12-21(13-9-18)27-25(31)19-4-2-1-3-5-19/h6-13,19,22,24,30H,1-5,14-16H2,(H,27,31). The predicted octanol–water partition coefficient (Wildman–Crippen LogP) is 3.81. The molecule has 2 aliphatic rings. The van der Waals surface area contributed by atoms with Gasteiger partial charge in [-0.1, -0.05) is 43.5 Å². The molecule has 2 amide bonds. The second-order valence-electron chi connectivity index (χ2n) is 8.62. The van der Waals surface area contributed by atoms with Crippen LogP contribution in [0, 0.1) is 11.7 Å². The first-order valence-corrected chi connectivity index (χ1v) is 11.2. The van der Waals surface area contributed by atoms with Crippen LogP contribution in [0.15, 0.2) is 48.5 Å². The molecule has 170 valence electrons. The fourth-order valence-electron chi connectivity index (χ4n) is 4.47. The van der Waals surface area contributed by atoms with Crippen molar-refractivity contribution in [1.82, 2.24) is 4.90 Å². The Balaban J connectivity index is 1.43. The van der Waals surface area contributed by atoms with Crippen molar-refractivity contribution in [3.8, 4) is 0 Å². The molecule has 7 heteroatoms. The minimum absolute atomic E-state index is 0.0451. The van der Waals surface area contributed by atoms with E-state index in [0.717, 1.165) is 31.2 Å². The second kappa shape index (κ2) is 10.2. The van der Waals surface area contributed by atoms with Gasteiger partial charge in [0.1, 0.15) is 18.5 Å². The van der Waals surface area contributed by atoms with E-state index in [0.29, 0.717) is 11.3 Å². The van der Waals surface area contributed by atoms with Gasteiger partial charge in [0.15, 0.2) is 0 Å². The summed E-state index contributed by atoms with van der Waals surface area (Å²) < 4.78 is 18.6. The van der Waals surface area contributed by atoms with Gasteiger partial charge in [-0.25, -0.2) is 4.39 Å². The summed E-state index contributed by atoms with van der Waals surface area (Å²) in [5.74, 6) is -0.440. The topological polar surface area (TPSA) is 78.9 Å². The van der Waals surface area contributed by atoms with Crippen molar-refractivity contribution in [3.63, 3.8) is 0 Å². The minimum Gasteiger partial charge on any atom is -0.386 e. The molecule has 0 radical (unpaired) electrons. The summed E-state index contributed by atoms with van der Waals surface area (Å²) in [5, 5.41) is 14.0. The van der Waals surface area contributed by atoms with E-state index in [9.17, 15) is 19.1 Å². The third-order valence-electron chi connectivity index (χ3n) is 6.36. The van der Waals surface area contributed by atoms with Crippen LogP contribution >= 0.6 is 0 Å². The maximum Gasteiger partial charge on any atom is 0.249 e. The van der Waals surface area contributed by atoms with Crippen LogP contribution in [-0.2, 0) is 20.9 Å². The summed E-state index contributed by atoms with van der Waals surface area (Å²) in [6.45, 7) is 0.421. The number of hydrogen-bond donors (Lipinski definition) is 2. The Morgan fingerprint density at radius 2 is 1.78 bits per heavy atom. The second-order valence-corrected chi connectivity index (χ2v) is 8.62. The van der Waals surface area contributed by atoms with Crippen molar-refractivity contribution in [3.05, 3.63) is 65.5 Å². The van der Waals surface area contributed by atoms with Gasteiger partial charge in [-0.15, -0.1) is 0 Å². The molecule has 2 atom stereocenters. The summed E-state index contributed by atoms with van der Waals surface area (Å²) in [6.07, 6.45) is 4.30. The number of ether oxygens (including phenoxy) is 1. The van der Waals surface area contributed by atoms with Gasteiger partial charge in [0, 0.05) is 18.2 Å². The van der Waals surface area contributed by atoms with Gasteiger partial charge in [-0.05, 0) is 48.2 Å². The van der Waals surface area contributed by atoms with Gasteiger partial charge in [0.25, 0.3) is 0 Å². The highest BCUT2D eigenvalue weighted by molar-refractivity contribution is 5.92. The van der Waals surface area contributed by atoms with Crippen LogP contribution in [0.3, 0.4) is 0 Å². The molecule has 1 aliphatic carbocycles. The number of nitrogens with one attached hydrogen (secondary N) is 1. The summed E-state index contributed by atoms with van der Waals surface area (Å²) >= 11 is 0. The lowest BCUT2D eigenvalue weighted by atomic mass is 9.88. The Bertz CT molecular complexity index is 926. The molecular formula is C25H29FN2O4. The van der Waals surface area contributed by atoms with E-state index in [-0.39, 0.29) is 43.3 Å². The van der Waals surface area contributed by atoms with Crippen LogP contribution < -0.4 is 5.32 Å². The first-order valence-electron chi connectivity index (χ1n) is 11.2. The normalized spacial score (nSPS) is 20.8. The van der Waals surface area contributed by atoms with Gasteiger partial charge < -0.3 is 20.1 Å². The number of hydrogen-bond acceptors (Lipinski definition) is 4. The number of aliphatic hydroxyl groups is 1. The van der Waals surface area contributed by atoms with E-state index in [4.69, 9.17) is 4.74 Å². The smallest absolute Gasteiger partial charge is 0.249 e. The quantitative estimate of drug-likeness (QED) is 0.716. The van der Waals surface area contributed by atoms with Gasteiger partial charge in [0.2, 0.25) is 11.8 Å². The molecule has 6 nitrogen and oxygen atoms in total. The fourth-order valence-corrected chi connectivity index (χ4v) is 4.47. The third kappa shape index (κ3) is 5.34. The molecule has 2 unspecified atom stereocenters. The predicted molar refractivity (Wildman–Crippen MR) is 118 cm³/mol. The number of halogens is 1. The van der Waals surface area contributed by atoms with E-state index in [1.54, 1.807) is 41.3 Å². The first kappa shape index (κ1) is 22.4. The minimum atomic E-state index is -0.956. The average Bonchev–Trinajstić information content (AvgIpc) is 2.82. The Morgan fingerprint density at radius 3 is 2.47 bits per heavy atom. The zero-order valence-electron chi connectivity index (χ0n) is 18.0. The van der Waals surface area contributed by atoms with E-state index < -0.39 is 12.1 Å². The molecule has 0 spiro atoms. The maximum absolute atomic E-state index is 13.2. The average molecular weight is 441 g/mol. The zero-order chi connectivity index (χ0) is 22.5. The van der Waals surface area contributed by atoms with Crippen molar-refractivity contribution in [1.29, 1.82) is 0 Å². The molecule has 2 aromatic carbocycles. The molecule has 1 aliphatic heterocycles. The number of amides is 2. The third-order valence-corrected chi connectivity index (χ3v) is 6.36. The van der Waals surface area contributed by atoms with E-state index >= 15 is 0 Å². The monoisotopic (exact) mass is 440 g/mol. The molecule has 4 rings (SSSR count). The van der Waals surface area contributed by atoms with E-state index in [1.807, 2.05) is 0 Å². The number of nitrogens with zero attached hydrogens (tertiary/aromatic N) is 1. The summed E-state index contributed by atoms with van der Waals surface area (Å²) in [5.41, 5.74) is 2.10. The highest BCUT2D eigenvalue weighted by Gasteiger charge is 2.34. The van der Waals surface area contributed by atoms with Crippen LogP contribution in [0.4, 0.5) is 10.1 Å². The van der Waals surface area contributed by atoms with Crippen molar-refractivity contribution >= 4 is 17.5 Å². The Morgan fingerprint density at radius 1 is 1.09 bits per heavy atom. The maximum atomic E-state index is 13.2. The lowest BCUT2D eigenvalue weighted by molar-refractivity contribution is -0.155. The summed E-state index contributed by atoms with van der Waals surface area (Å²) in [7, 11) is 0. The summed E-state index contributed by atoms with van der Waals surface area (Å²) in [4.78, 5) is 26.6. The highest BCUT2D eigenvalue weighted by atomic mass is 19.1. The number of aliphatic hydroxyl groups excluding tert-OH is 1. The van der Waals surface area contributed by atoms with Gasteiger partial charge in [-0.3, -0.25) is 9.59 Å². The van der Waals surface area contributed by atoms with Crippen LogP contribution in [0.5, 0.6) is 0 Å². The van der Waals surface area contributed by atoms with Crippen LogP contribution in [0.25, 0.3) is 0 Å². The Kier molecular flexibility index (Phi) is 7.17. The van der Waals surface area contributed by atoms with Crippen LogP contribution in [0.2, 0.25) is 0 Å². The molecule has 2 aromatic rings. The number of benzene rings is 2. The molecule has 1 saturated carbocycles. The molecule has 1 saturated heterocycles. The van der Waals surface area contributed by atoms with E-state index in [1.165, 1.54) is 18.6 Å². The van der Waals surface area contributed by atoms with Crippen molar-refractivity contribution in [2.75, 3.05) is 18.5 Å². The zero-order valence-corrected chi connectivity index (χ0v) is 18.0. The van der Waals surface area contributed by atoms with Gasteiger partial charge in [0.05, 0.1) is 12.6 Å². The summed E-state index contributed by atoms with van der Waals surface area (Å²) in [6, 6.07) is 12.5. The van der Waals surface area contributed by atoms with Gasteiger partial charge >= 0.3 is 0 Å². The number of carbonyl (C=O) groups is 2. The molecule has 32 heavy (non-hydrogen) atoms.